The molecule has 0 bridgehead atoms. The molecule has 0 aromatic carbocycles. The zero-order valence-corrected chi connectivity index (χ0v) is 4.34. The fourth-order valence-corrected chi connectivity index (χ4v) is 0.331. The van der Waals surface area contributed by atoms with E-state index in [0.29, 0.717) is 0 Å². The van der Waals surface area contributed by atoms with Crippen LogP contribution in [0.2, 0.25) is 0 Å². The van der Waals surface area contributed by atoms with Crippen LogP contribution >= 0.6 is 0 Å². The molecule has 0 heterocycles. The minimum atomic E-state index is -4.57. The molecule has 0 rings (SSSR count). The Morgan fingerprint density at radius 1 is 1.44 bits per heavy atom. The SMILES string of the molecule is O=C(O)NS(=O)(=O)O.[NaH]. The van der Waals surface area contributed by atoms with E-state index in [4.69, 9.17) is 9.66 Å². The predicted molar refractivity (Wildman–Crippen MR) is 29.9 cm³/mol. The van der Waals surface area contributed by atoms with E-state index in [2.05, 4.69) is 0 Å². The van der Waals surface area contributed by atoms with Crippen LogP contribution in [0, 0.1) is 0 Å². The molecule has 8 heteroatoms. The van der Waals surface area contributed by atoms with E-state index >= 15 is 0 Å². The van der Waals surface area contributed by atoms with Crippen molar-refractivity contribution in [2.75, 3.05) is 0 Å². The van der Waals surface area contributed by atoms with Gasteiger partial charge in [0, 0.05) is 0 Å². The number of nitrogens with one attached hydrogen (secondary N) is 1. The first kappa shape index (κ1) is 11.9. The van der Waals surface area contributed by atoms with Crippen LogP contribution in [-0.2, 0) is 10.3 Å². The summed E-state index contributed by atoms with van der Waals surface area (Å²) < 4.78 is 27.5. The summed E-state index contributed by atoms with van der Waals surface area (Å²) in [4.78, 5) is 9.36. The second-order valence-corrected chi connectivity index (χ2v) is 2.04. The van der Waals surface area contributed by atoms with Crippen molar-refractivity contribution in [2.45, 2.75) is 0 Å². The van der Waals surface area contributed by atoms with Crippen molar-refractivity contribution in [1.29, 1.82) is 0 Å². The van der Waals surface area contributed by atoms with E-state index in [0.717, 1.165) is 4.72 Å². The van der Waals surface area contributed by atoms with Gasteiger partial charge in [-0.2, -0.15) is 13.1 Å². The van der Waals surface area contributed by atoms with Crippen LogP contribution in [0.4, 0.5) is 4.79 Å². The van der Waals surface area contributed by atoms with Gasteiger partial charge in [-0.3, -0.25) is 4.55 Å². The van der Waals surface area contributed by atoms with Crippen molar-refractivity contribution in [3.8, 4) is 0 Å². The van der Waals surface area contributed by atoms with E-state index in [9.17, 15) is 13.2 Å². The first-order chi connectivity index (χ1) is 3.42. The van der Waals surface area contributed by atoms with Gasteiger partial charge in [0.2, 0.25) is 0 Å². The molecule has 6 nitrogen and oxygen atoms in total. The molecule has 0 atom stereocenters. The van der Waals surface area contributed by atoms with Crippen molar-refractivity contribution in [3.63, 3.8) is 0 Å². The molecule has 0 spiro atoms. The molecule has 0 saturated carbocycles. The van der Waals surface area contributed by atoms with Gasteiger partial charge in [-0.05, 0) is 0 Å². The Kier molecular flexibility index (Phi) is 5.39. The van der Waals surface area contributed by atoms with Crippen LogP contribution in [-0.4, -0.2) is 53.7 Å². The summed E-state index contributed by atoms with van der Waals surface area (Å²) in [5.41, 5.74) is 0. The molecule has 50 valence electrons. The molecule has 0 saturated heterocycles. The fraction of sp³-hybridized carbons (Fsp3) is 0. The van der Waals surface area contributed by atoms with E-state index in [-0.39, 0.29) is 29.6 Å². The third-order valence-electron chi connectivity index (χ3n) is 0.216. The number of hydrogen-bond acceptors (Lipinski definition) is 3. The van der Waals surface area contributed by atoms with Gasteiger partial charge in [-0.25, -0.2) is 4.79 Å². The third kappa shape index (κ3) is 11.6. The summed E-state index contributed by atoms with van der Waals surface area (Å²) in [7, 11) is -4.57. The van der Waals surface area contributed by atoms with Crippen molar-refractivity contribution < 1.29 is 22.9 Å². The van der Waals surface area contributed by atoms with Crippen LogP contribution in [0.25, 0.3) is 0 Å². The molecule has 0 aromatic heterocycles. The van der Waals surface area contributed by atoms with Crippen LogP contribution in [0.15, 0.2) is 0 Å². The average Bonchev–Trinajstić information content (AvgIpc) is 1.21. The van der Waals surface area contributed by atoms with Crippen molar-refractivity contribution in [2.24, 2.45) is 0 Å². The summed E-state index contributed by atoms with van der Waals surface area (Å²) in [5, 5.41) is 7.60. The Balaban J connectivity index is 0. The molecule has 0 unspecified atom stereocenters. The first-order valence-electron chi connectivity index (χ1n) is 1.40. The quantitative estimate of drug-likeness (QED) is 0.321. The van der Waals surface area contributed by atoms with Gasteiger partial charge in [0.05, 0.1) is 0 Å². The fourth-order valence-electron chi connectivity index (χ4n) is 0.110. The maximum absolute atomic E-state index is 9.51. The van der Waals surface area contributed by atoms with Gasteiger partial charge in [-0.1, -0.05) is 0 Å². The van der Waals surface area contributed by atoms with Crippen molar-refractivity contribution in [1.82, 2.24) is 4.72 Å². The van der Waals surface area contributed by atoms with Gasteiger partial charge in [-0.15, -0.1) is 0 Å². The van der Waals surface area contributed by atoms with Gasteiger partial charge >= 0.3 is 46.0 Å². The van der Waals surface area contributed by atoms with Gasteiger partial charge in [0.25, 0.3) is 0 Å². The number of amides is 1. The molecular formula is CH4NNaO5S. The third-order valence-corrected chi connectivity index (χ3v) is 0.649. The van der Waals surface area contributed by atoms with Gasteiger partial charge < -0.3 is 5.11 Å². The first-order valence-corrected chi connectivity index (χ1v) is 2.84. The second kappa shape index (κ2) is 4.07. The average molecular weight is 165 g/mol. The molecule has 3 N–H and O–H groups in total. The normalized spacial score (nSPS) is 9.44. The zero-order valence-electron chi connectivity index (χ0n) is 3.53. The maximum atomic E-state index is 9.51. The zero-order chi connectivity index (χ0) is 6.78. The molecule has 0 aromatic rings. The summed E-state index contributed by atoms with van der Waals surface area (Å²) in [5.74, 6) is 0. The van der Waals surface area contributed by atoms with E-state index in [1.54, 1.807) is 0 Å². The van der Waals surface area contributed by atoms with Crippen LogP contribution in [0.5, 0.6) is 0 Å². The summed E-state index contributed by atoms with van der Waals surface area (Å²) in [6.07, 6.45) is -1.81. The molecule has 0 aliphatic rings. The number of rotatable bonds is 1. The summed E-state index contributed by atoms with van der Waals surface area (Å²) >= 11 is 0. The van der Waals surface area contributed by atoms with Crippen molar-refractivity contribution in [3.05, 3.63) is 0 Å². The van der Waals surface area contributed by atoms with Gasteiger partial charge in [0.1, 0.15) is 0 Å². The minimum absolute atomic E-state index is 0. The van der Waals surface area contributed by atoms with E-state index in [1.807, 2.05) is 0 Å². The topological polar surface area (TPSA) is 104 Å². The Labute approximate surface area is 73.4 Å². The van der Waals surface area contributed by atoms with Crippen molar-refractivity contribution >= 4 is 46.0 Å². The molecular weight excluding hydrogens is 161 g/mol. The van der Waals surface area contributed by atoms with Crippen LogP contribution in [0.1, 0.15) is 0 Å². The van der Waals surface area contributed by atoms with Gasteiger partial charge in [0.15, 0.2) is 0 Å². The Morgan fingerprint density at radius 3 is 1.78 bits per heavy atom. The van der Waals surface area contributed by atoms with E-state index in [1.165, 1.54) is 0 Å². The monoisotopic (exact) mass is 165 g/mol. The standard InChI is InChI=1S/CH3NO5S.Na.H/c3-1(4)2-8(5,6)7;;/h2H,(H,3,4)(H,5,6,7);;. The molecule has 9 heavy (non-hydrogen) atoms. The summed E-state index contributed by atoms with van der Waals surface area (Å²) in [6, 6.07) is 0. The molecule has 0 aliphatic carbocycles. The Morgan fingerprint density at radius 2 is 1.78 bits per heavy atom. The number of hydrogen-bond donors (Lipinski definition) is 3. The summed E-state index contributed by atoms with van der Waals surface area (Å²) in [6.45, 7) is 0. The van der Waals surface area contributed by atoms with E-state index < -0.39 is 16.4 Å². The predicted octanol–water partition coefficient (Wildman–Crippen LogP) is -1.59. The molecule has 0 radical (unpaired) electrons. The number of carbonyl (C=O) groups is 1. The molecule has 0 aliphatic heterocycles. The van der Waals surface area contributed by atoms with Crippen LogP contribution < -0.4 is 4.72 Å². The Bertz CT molecular complexity index is 183. The number of carboxylic acid groups (broad SMARTS) is 1. The Hall–Kier alpha value is 0.180. The second-order valence-electron chi connectivity index (χ2n) is 0.882. The molecule has 0 fully saturated rings. The molecule has 1 amide bonds. The van der Waals surface area contributed by atoms with Crippen LogP contribution in [0.3, 0.4) is 0 Å².